The molecule has 3 rings (SSSR count). The van der Waals surface area contributed by atoms with Gasteiger partial charge in [0, 0.05) is 13.2 Å². The van der Waals surface area contributed by atoms with Crippen molar-refractivity contribution in [2.24, 2.45) is 7.05 Å². The van der Waals surface area contributed by atoms with Gasteiger partial charge in [-0.25, -0.2) is 0 Å². The smallest absolute Gasteiger partial charge is 0.0902 e. The van der Waals surface area contributed by atoms with E-state index in [1.807, 2.05) is 30.2 Å². The zero-order chi connectivity index (χ0) is 13.3. The quantitative estimate of drug-likeness (QED) is 0.916. The molecule has 100 valence electrons. The molecule has 1 aliphatic carbocycles. The number of fused-ring (bicyclic) bond motifs is 1. The molecule has 1 unspecified atom stereocenters. The van der Waals surface area contributed by atoms with Crippen LogP contribution in [0.15, 0.2) is 36.7 Å². The largest absolute Gasteiger partial charge is 0.385 e. The van der Waals surface area contributed by atoms with E-state index in [0.717, 1.165) is 37.7 Å². The Bertz CT molecular complexity index is 576. The first-order valence-corrected chi connectivity index (χ1v) is 6.96. The van der Waals surface area contributed by atoms with Crippen LogP contribution in [0, 0.1) is 0 Å². The zero-order valence-corrected chi connectivity index (χ0v) is 11.3. The Balaban J connectivity index is 1.80. The average molecular weight is 256 g/mol. The summed E-state index contributed by atoms with van der Waals surface area (Å²) in [5.74, 6) is 0. The lowest BCUT2D eigenvalue weighted by molar-refractivity contribution is 0.0103. The van der Waals surface area contributed by atoms with Crippen molar-refractivity contribution in [3.63, 3.8) is 0 Å². The average Bonchev–Trinajstić information content (AvgIpc) is 2.83. The van der Waals surface area contributed by atoms with Crippen LogP contribution in [0.3, 0.4) is 0 Å². The van der Waals surface area contributed by atoms with Gasteiger partial charge < -0.3 is 5.11 Å². The van der Waals surface area contributed by atoms with Crippen molar-refractivity contribution in [2.45, 2.75) is 37.7 Å². The highest BCUT2D eigenvalue weighted by molar-refractivity contribution is 5.34. The van der Waals surface area contributed by atoms with Gasteiger partial charge in [-0.05, 0) is 48.8 Å². The Hall–Kier alpha value is -1.61. The minimum absolute atomic E-state index is 0.662. The van der Waals surface area contributed by atoms with E-state index in [2.05, 4.69) is 23.3 Å². The van der Waals surface area contributed by atoms with Gasteiger partial charge >= 0.3 is 0 Å². The maximum Gasteiger partial charge on any atom is 0.0902 e. The minimum Gasteiger partial charge on any atom is -0.385 e. The molecular formula is C16H20N2O. The molecule has 3 heteroatoms. The molecule has 0 saturated carbocycles. The number of hydrogen-bond acceptors (Lipinski definition) is 2. The number of hydrogen-bond donors (Lipinski definition) is 1. The lowest BCUT2D eigenvalue weighted by atomic mass is 9.76. The van der Waals surface area contributed by atoms with E-state index in [4.69, 9.17) is 0 Å². The number of aliphatic hydroxyl groups is 1. The van der Waals surface area contributed by atoms with Crippen LogP contribution < -0.4 is 0 Å². The summed E-state index contributed by atoms with van der Waals surface area (Å²) in [6, 6.07) is 8.31. The van der Waals surface area contributed by atoms with Crippen molar-refractivity contribution in [3.8, 4) is 0 Å². The van der Waals surface area contributed by atoms with E-state index < -0.39 is 5.60 Å². The topological polar surface area (TPSA) is 38.0 Å². The van der Waals surface area contributed by atoms with Crippen LogP contribution in [0.2, 0.25) is 0 Å². The summed E-state index contributed by atoms with van der Waals surface area (Å²) in [5.41, 5.74) is 2.97. The predicted octanol–water partition coefficient (Wildman–Crippen LogP) is 2.58. The summed E-state index contributed by atoms with van der Waals surface area (Å²) in [5, 5.41) is 15.1. The normalized spacial score (nSPS) is 22.2. The van der Waals surface area contributed by atoms with Crippen molar-refractivity contribution in [2.75, 3.05) is 0 Å². The Morgan fingerprint density at radius 2 is 2.21 bits per heavy atom. The summed E-state index contributed by atoms with van der Waals surface area (Å²) in [6.07, 6.45) is 8.58. The van der Waals surface area contributed by atoms with Gasteiger partial charge in [0.1, 0.15) is 0 Å². The molecule has 0 fully saturated rings. The molecule has 1 aromatic carbocycles. The highest BCUT2D eigenvalue weighted by Gasteiger charge is 2.33. The van der Waals surface area contributed by atoms with Crippen LogP contribution in [-0.2, 0) is 25.5 Å². The Morgan fingerprint density at radius 1 is 1.37 bits per heavy atom. The lowest BCUT2D eigenvalue weighted by Crippen LogP contribution is -2.31. The molecule has 0 aliphatic heterocycles. The van der Waals surface area contributed by atoms with Crippen molar-refractivity contribution in [1.29, 1.82) is 0 Å². The molecule has 0 bridgehead atoms. The monoisotopic (exact) mass is 256 g/mol. The summed E-state index contributed by atoms with van der Waals surface area (Å²) in [4.78, 5) is 0. The van der Waals surface area contributed by atoms with Crippen molar-refractivity contribution in [1.82, 2.24) is 9.78 Å². The maximum atomic E-state index is 11.0. The van der Waals surface area contributed by atoms with Gasteiger partial charge in [-0.1, -0.05) is 24.3 Å². The van der Waals surface area contributed by atoms with E-state index >= 15 is 0 Å². The summed E-state index contributed by atoms with van der Waals surface area (Å²) in [7, 11) is 1.92. The molecule has 1 aliphatic rings. The van der Waals surface area contributed by atoms with Crippen LogP contribution >= 0.6 is 0 Å². The van der Waals surface area contributed by atoms with Gasteiger partial charge in [-0.3, -0.25) is 4.68 Å². The number of nitrogens with zero attached hydrogens (tertiary/aromatic N) is 2. The molecule has 0 amide bonds. The van der Waals surface area contributed by atoms with Gasteiger partial charge in [0.15, 0.2) is 0 Å². The van der Waals surface area contributed by atoms with Crippen LogP contribution in [0.25, 0.3) is 0 Å². The highest BCUT2D eigenvalue weighted by atomic mass is 16.3. The van der Waals surface area contributed by atoms with E-state index in [1.165, 1.54) is 11.1 Å². The first-order chi connectivity index (χ1) is 9.17. The fourth-order valence-electron chi connectivity index (χ4n) is 3.11. The lowest BCUT2D eigenvalue weighted by Gasteiger charge is -2.34. The fraction of sp³-hybridized carbons (Fsp3) is 0.438. The van der Waals surface area contributed by atoms with Crippen molar-refractivity contribution >= 4 is 0 Å². The molecule has 2 aromatic rings. The Kier molecular flexibility index (Phi) is 3.15. The molecule has 0 radical (unpaired) electrons. The van der Waals surface area contributed by atoms with Gasteiger partial charge in [-0.15, -0.1) is 0 Å². The van der Waals surface area contributed by atoms with E-state index in [0.29, 0.717) is 0 Å². The summed E-state index contributed by atoms with van der Waals surface area (Å²) >= 11 is 0. The zero-order valence-electron chi connectivity index (χ0n) is 11.3. The number of aromatic nitrogens is 2. The molecule has 3 nitrogen and oxygen atoms in total. The molecule has 1 atom stereocenters. The first-order valence-electron chi connectivity index (χ1n) is 6.96. The third-order valence-electron chi connectivity index (χ3n) is 4.14. The fourth-order valence-corrected chi connectivity index (χ4v) is 3.11. The Morgan fingerprint density at radius 3 is 3.00 bits per heavy atom. The van der Waals surface area contributed by atoms with Gasteiger partial charge in [0.25, 0.3) is 0 Å². The molecule has 1 aromatic heterocycles. The number of benzene rings is 1. The van der Waals surface area contributed by atoms with E-state index in [1.54, 1.807) is 0 Å². The van der Waals surface area contributed by atoms with E-state index in [9.17, 15) is 5.11 Å². The second-order valence-corrected chi connectivity index (χ2v) is 5.56. The third-order valence-corrected chi connectivity index (χ3v) is 4.14. The van der Waals surface area contributed by atoms with Gasteiger partial charge in [0.05, 0.1) is 11.8 Å². The molecule has 0 spiro atoms. The Labute approximate surface area is 113 Å². The predicted molar refractivity (Wildman–Crippen MR) is 74.8 cm³/mol. The van der Waals surface area contributed by atoms with Crippen LogP contribution in [0.5, 0.6) is 0 Å². The van der Waals surface area contributed by atoms with Crippen molar-refractivity contribution in [3.05, 3.63) is 53.3 Å². The molecule has 1 heterocycles. The highest BCUT2D eigenvalue weighted by Crippen LogP contribution is 2.38. The van der Waals surface area contributed by atoms with Crippen LogP contribution in [0.1, 0.15) is 36.0 Å². The third kappa shape index (κ3) is 2.43. The summed E-state index contributed by atoms with van der Waals surface area (Å²) in [6.45, 7) is 0. The van der Waals surface area contributed by atoms with Crippen molar-refractivity contribution < 1.29 is 5.11 Å². The molecule has 1 N–H and O–H groups in total. The van der Waals surface area contributed by atoms with E-state index in [-0.39, 0.29) is 0 Å². The molecule has 19 heavy (non-hydrogen) atoms. The second kappa shape index (κ2) is 4.82. The summed E-state index contributed by atoms with van der Waals surface area (Å²) < 4.78 is 1.81. The molecule has 0 saturated heterocycles. The minimum atomic E-state index is -0.662. The number of rotatable bonds is 3. The maximum absolute atomic E-state index is 11.0. The standard InChI is InChI=1S/C16H20N2O/c1-18-12-13(11-17-18)8-10-16(19)9-4-6-14-5-2-3-7-15(14)16/h2-3,5,7,11-12,19H,4,6,8-10H2,1H3. The van der Waals surface area contributed by atoms with Crippen LogP contribution in [-0.4, -0.2) is 14.9 Å². The first kappa shape index (κ1) is 12.4. The second-order valence-electron chi connectivity index (χ2n) is 5.56. The van der Waals surface area contributed by atoms with Crippen LogP contribution in [0.4, 0.5) is 0 Å². The van der Waals surface area contributed by atoms with Gasteiger partial charge in [-0.2, -0.15) is 5.10 Å². The van der Waals surface area contributed by atoms with Gasteiger partial charge in [0.2, 0.25) is 0 Å². The SMILES string of the molecule is Cn1cc(CCC2(O)CCCc3ccccc32)cn1. The molecular weight excluding hydrogens is 236 g/mol. The number of aryl methyl sites for hydroxylation is 3.